The highest BCUT2D eigenvalue weighted by Crippen LogP contribution is 2.21. The van der Waals surface area contributed by atoms with E-state index in [9.17, 15) is 4.79 Å². The Morgan fingerprint density at radius 1 is 1.12 bits per heavy atom. The van der Waals surface area contributed by atoms with E-state index in [0.717, 1.165) is 42.3 Å². The molecule has 2 aromatic rings. The maximum atomic E-state index is 10.7. The fourth-order valence-corrected chi connectivity index (χ4v) is 1.74. The Kier molecular flexibility index (Phi) is 3.76. The molecular weight excluding hydrogens is 212 g/mol. The summed E-state index contributed by atoms with van der Waals surface area (Å²) in [4.78, 5) is 10.7. The molecule has 0 bridgehead atoms. The average molecular weight is 228 g/mol. The molecule has 0 saturated carbocycles. The van der Waals surface area contributed by atoms with Gasteiger partial charge in [0.05, 0.1) is 6.61 Å². The van der Waals surface area contributed by atoms with Gasteiger partial charge in [-0.15, -0.1) is 0 Å². The quantitative estimate of drug-likeness (QED) is 0.574. The van der Waals surface area contributed by atoms with Crippen molar-refractivity contribution in [3.8, 4) is 5.75 Å². The van der Waals surface area contributed by atoms with Gasteiger partial charge in [-0.25, -0.2) is 0 Å². The second-order valence-corrected chi connectivity index (χ2v) is 4.09. The Balaban J connectivity index is 2.22. The van der Waals surface area contributed by atoms with Crippen LogP contribution in [0.3, 0.4) is 0 Å². The number of ether oxygens (including phenoxy) is 1. The van der Waals surface area contributed by atoms with Crippen LogP contribution in [0.4, 0.5) is 0 Å². The van der Waals surface area contributed by atoms with E-state index in [1.165, 1.54) is 0 Å². The first-order chi connectivity index (χ1) is 8.33. The van der Waals surface area contributed by atoms with Crippen molar-refractivity contribution in [2.75, 3.05) is 6.61 Å². The van der Waals surface area contributed by atoms with Crippen molar-refractivity contribution in [1.82, 2.24) is 0 Å². The molecule has 0 aliphatic carbocycles. The fourth-order valence-electron chi connectivity index (χ4n) is 1.74. The van der Waals surface area contributed by atoms with Crippen molar-refractivity contribution < 1.29 is 9.53 Å². The van der Waals surface area contributed by atoms with E-state index >= 15 is 0 Å². The number of fused-ring (bicyclic) bond motifs is 1. The molecule has 0 radical (unpaired) electrons. The first-order valence-corrected chi connectivity index (χ1v) is 5.95. The van der Waals surface area contributed by atoms with E-state index in [4.69, 9.17) is 4.74 Å². The molecule has 0 fully saturated rings. The van der Waals surface area contributed by atoms with Gasteiger partial charge in [0, 0.05) is 5.56 Å². The number of aldehydes is 1. The summed E-state index contributed by atoms with van der Waals surface area (Å²) in [5, 5.41) is 2.17. The third-order valence-corrected chi connectivity index (χ3v) is 2.74. The second-order valence-electron chi connectivity index (χ2n) is 4.09. The van der Waals surface area contributed by atoms with Crippen molar-refractivity contribution in [3.63, 3.8) is 0 Å². The van der Waals surface area contributed by atoms with Crippen LogP contribution in [-0.2, 0) is 0 Å². The lowest BCUT2D eigenvalue weighted by Gasteiger charge is -2.06. The number of hydrogen-bond donors (Lipinski definition) is 0. The standard InChI is InChI=1S/C15H16O2/c1-2-3-8-17-15-7-6-13-9-12(11-16)4-5-14(13)10-15/h4-7,9-11H,2-3,8H2,1H3. The van der Waals surface area contributed by atoms with Gasteiger partial charge in [0.25, 0.3) is 0 Å². The lowest BCUT2D eigenvalue weighted by Crippen LogP contribution is -1.96. The lowest BCUT2D eigenvalue weighted by atomic mass is 10.1. The van der Waals surface area contributed by atoms with Gasteiger partial charge in [0.2, 0.25) is 0 Å². The number of rotatable bonds is 5. The maximum Gasteiger partial charge on any atom is 0.150 e. The van der Waals surface area contributed by atoms with Crippen molar-refractivity contribution in [1.29, 1.82) is 0 Å². The SMILES string of the molecule is CCCCOc1ccc2cc(C=O)ccc2c1. The summed E-state index contributed by atoms with van der Waals surface area (Å²) in [5.74, 6) is 0.893. The molecule has 88 valence electrons. The van der Waals surface area contributed by atoms with E-state index in [1.807, 2.05) is 36.4 Å². The number of unbranched alkanes of at least 4 members (excludes halogenated alkanes) is 1. The highest BCUT2D eigenvalue weighted by molar-refractivity contribution is 5.89. The van der Waals surface area contributed by atoms with Crippen LogP contribution < -0.4 is 4.74 Å². The molecule has 0 spiro atoms. The summed E-state index contributed by atoms with van der Waals surface area (Å²) >= 11 is 0. The Hall–Kier alpha value is -1.83. The van der Waals surface area contributed by atoms with Crippen LogP contribution in [0.15, 0.2) is 36.4 Å². The molecule has 0 saturated heterocycles. The van der Waals surface area contributed by atoms with Gasteiger partial charge in [-0.3, -0.25) is 4.79 Å². The Bertz CT molecular complexity index is 517. The van der Waals surface area contributed by atoms with Crippen molar-refractivity contribution in [3.05, 3.63) is 42.0 Å². The summed E-state index contributed by atoms with van der Waals surface area (Å²) in [5.41, 5.74) is 0.706. The summed E-state index contributed by atoms with van der Waals surface area (Å²) in [6.45, 7) is 2.90. The van der Waals surface area contributed by atoms with Crippen LogP contribution in [0.25, 0.3) is 10.8 Å². The Morgan fingerprint density at radius 2 is 1.88 bits per heavy atom. The first kappa shape index (κ1) is 11.6. The second kappa shape index (κ2) is 5.48. The van der Waals surface area contributed by atoms with Crippen molar-refractivity contribution in [2.45, 2.75) is 19.8 Å². The van der Waals surface area contributed by atoms with Crippen LogP contribution in [0.1, 0.15) is 30.1 Å². The highest BCUT2D eigenvalue weighted by atomic mass is 16.5. The molecule has 0 aromatic heterocycles. The molecular formula is C15H16O2. The van der Waals surface area contributed by atoms with Gasteiger partial charge < -0.3 is 4.74 Å². The van der Waals surface area contributed by atoms with Gasteiger partial charge in [0.15, 0.2) is 0 Å². The van der Waals surface area contributed by atoms with Crippen LogP contribution in [0.5, 0.6) is 5.75 Å². The number of carbonyl (C=O) groups is 1. The van der Waals surface area contributed by atoms with Crippen LogP contribution >= 0.6 is 0 Å². The van der Waals surface area contributed by atoms with Crippen LogP contribution in [-0.4, -0.2) is 12.9 Å². The van der Waals surface area contributed by atoms with E-state index < -0.39 is 0 Å². The first-order valence-electron chi connectivity index (χ1n) is 5.95. The molecule has 2 heteroatoms. The zero-order valence-electron chi connectivity index (χ0n) is 9.98. The molecule has 0 aliphatic rings. The zero-order valence-corrected chi connectivity index (χ0v) is 9.98. The molecule has 0 atom stereocenters. The van der Waals surface area contributed by atoms with E-state index in [1.54, 1.807) is 0 Å². The monoisotopic (exact) mass is 228 g/mol. The molecule has 0 aliphatic heterocycles. The molecule has 2 rings (SSSR count). The number of hydrogen-bond acceptors (Lipinski definition) is 2. The number of benzene rings is 2. The average Bonchev–Trinajstić information content (AvgIpc) is 2.38. The van der Waals surface area contributed by atoms with E-state index in [2.05, 4.69) is 6.92 Å². The molecule has 17 heavy (non-hydrogen) atoms. The summed E-state index contributed by atoms with van der Waals surface area (Å²) in [7, 11) is 0. The summed E-state index contributed by atoms with van der Waals surface area (Å²) in [6, 6.07) is 11.6. The molecule has 2 aromatic carbocycles. The van der Waals surface area contributed by atoms with E-state index in [0.29, 0.717) is 5.56 Å². The van der Waals surface area contributed by atoms with E-state index in [-0.39, 0.29) is 0 Å². The molecule has 0 amide bonds. The van der Waals surface area contributed by atoms with Gasteiger partial charge in [-0.2, -0.15) is 0 Å². The van der Waals surface area contributed by atoms with Gasteiger partial charge in [-0.05, 0) is 35.4 Å². The Labute approximate surface area is 101 Å². The molecule has 0 heterocycles. The van der Waals surface area contributed by atoms with Crippen molar-refractivity contribution >= 4 is 17.1 Å². The van der Waals surface area contributed by atoms with Gasteiger partial charge in [-0.1, -0.05) is 31.5 Å². The van der Waals surface area contributed by atoms with Gasteiger partial charge >= 0.3 is 0 Å². The smallest absolute Gasteiger partial charge is 0.150 e. The predicted molar refractivity (Wildman–Crippen MR) is 69.7 cm³/mol. The van der Waals surface area contributed by atoms with Crippen LogP contribution in [0, 0.1) is 0 Å². The molecule has 2 nitrogen and oxygen atoms in total. The molecule has 0 unspecified atom stereocenters. The third-order valence-electron chi connectivity index (χ3n) is 2.74. The minimum absolute atomic E-state index is 0.706. The Morgan fingerprint density at radius 3 is 2.65 bits per heavy atom. The summed E-state index contributed by atoms with van der Waals surface area (Å²) in [6.07, 6.45) is 3.07. The predicted octanol–water partition coefficient (Wildman–Crippen LogP) is 3.83. The minimum atomic E-state index is 0.706. The summed E-state index contributed by atoms with van der Waals surface area (Å²) < 4.78 is 5.64. The van der Waals surface area contributed by atoms with Crippen LogP contribution in [0.2, 0.25) is 0 Å². The molecule has 0 N–H and O–H groups in total. The van der Waals surface area contributed by atoms with Gasteiger partial charge in [0.1, 0.15) is 12.0 Å². The largest absolute Gasteiger partial charge is 0.494 e. The normalized spacial score (nSPS) is 10.4. The minimum Gasteiger partial charge on any atom is -0.494 e. The zero-order chi connectivity index (χ0) is 12.1. The lowest BCUT2D eigenvalue weighted by molar-refractivity contribution is 0.112. The fraction of sp³-hybridized carbons (Fsp3) is 0.267. The maximum absolute atomic E-state index is 10.7. The third kappa shape index (κ3) is 2.84. The van der Waals surface area contributed by atoms with Crippen molar-refractivity contribution in [2.24, 2.45) is 0 Å². The topological polar surface area (TPSA) is 26.3 Å². The number of carbonyl (C=O) groups excluding carboxylic acids is 1. The highest BCUT2D eigenvalue weighted by Gasteiger charge is 1.99.